The number of hydrogen-bond donors (Lipinski definition) is 1. The van der Waals surface area contributed by atoms with E-state index in [1.807, 2.05) is 6.92 Å². The second-order valence-corrected chi connectivity index (χ2v) is 5.86. The molecule has 21 heavy (non-hydrogen) atoms. The van der Waals surface area contributed by atoms with Gasteiger partial charge in [-0.15, -0.1) is 0 Å². The standard InChI is InChI=1S/C14H24N6O/c1-3-21-14-17-12(15)16-13(18-14)20-9-11-6-4-5-7-19(11)8-10(20)2/h10-11H,3-9H2,1-2H3,(H2,15,16,17,18). The third kappa shape index (κ3) is 3.02. The van der Waals surface area contributed by atoms with Crippen molar-refractivity contribution in [2.45, 2.75) is 45.2 Å². The van der Waals surface area contributed by atoms with Crippen molar-refractivity contribution in [3.8, 4) is 6.01 Å². The monoisotopic (exact) mass is 292 g/mol. The number of nitrogens with two attached hydrogens (primary N) is 1. The van der Waals surface area contributed by atoms with Crippen molar-refractivity contribution in [2.75, 3.05) is 36.9 Å². The van der Waals surface area contributed by atoms with Crippen molar-refractivity contribution >= 4 is 11.9 Å². The maximum absolute atomic E-state index is 5.79. The Morgan fingerprint density at radius 3 is 2.90 bits per heavy atom. The van der Waals surface area contributed by atoms with Crippen molar-refractivity contribution in [2.24, 2.45) is 0 Å². The van der Waals surface area contributed by atoms with Crippen molar-refractivity contribution < 1.29 is 4.74 Å². The average molecular weight is 292 g/mol. The van der Waals surface area contributed by atoms with Gasteiger partial charge in [-0.1, -0.05) is 6.42 Å². The van der Waals surface area contributed by atoms with Crippen LogP contribution in [0.3, 0.4) is 0 Å². The summed E-state index contributed by atoms with van der Waals surface area (Å²) >= 11 is 0. The summed E-state index contributed by atoms with van der Waals surface area (Å²) in [5.41, 5.74) is 5.79. The van der Waals surface area contributed by atoms with E-state index in [4.69, 9.17) is 10.5 Å². The van der Waals surface area contributed by atoms with Gasteiger partial charge in [-0.2, -0.15) is 15.0 Å². The maximum atomic E-state index is 5.79. The second-order valence-electron chi connectivity index (χ2n) is 5.86. The highest BCUT2D eigenvalue weighted by molar-refractivity contribution is 5.38. The zero-order valence-corrected chi connectivity index (χ0v) is 12.8. The molecule has 0 radical (unpaired) electrons. The van der Waals surface area contributed by atoms with Gasteiger partial charge in [0.2, 0.25) is 11.9 Å². The van der Waals surface area contributed by atoms with Crippen LogP contribution in [0, 0.1) is 0 Å². The molecule has 0 aromatic carbocycles. The maximum Gasteiger partial charge on any atom is 0.323 e. The van der Waals surface area contributed by atoms with E-state index in [9.17, 15) is 0 Å². The molecule has 2 N–H and O–H groups in total. The Bertz CT molecular complexity index is 496. The van der Waals surface area contributed by atoms with E-state index in [1.54, 1.807) is 0 Å². The highest BCUT2D eigenvalue weighted by Crippen LogP contribution is 2.27. The normalized spacial score (nSPS) is 26.5. The molecule has 3 rings (SSSR count). The first kappa shape index (κ1) is 14.3. The third-order valence-electron chi connectivity index (χ3n) is 4.34. The van der Waals surface area contributed by atoms with Gasteiger partial charge in [0.1, 0.15) is 0 Å². The average Bonchev–Trinajstić information content (AvgIpc) is 2.46. The Morgan fingerprint density at radius 1 is 1.24 bits per heavy atom. The number of piperidine rings is 1. The van der Waals surface area contributed by atoms with Crippen LogP contribution >= 0.6 is 0 Å². The summed E-state index contributed by atoms with van der Waals surface area (Å²) in [5.74, 6) is 0.866. The molecule has 0 aliphatic carbocycles. The Labute approximate surface area is 125 Å². The van der Waals surface area contributed by atoms with Crippen LogP contribution in [-0.2, 0) is 0 Å². The minimum absolute atomic E-state index is 0.224. The Morgan fingerprint density at radius 2 is 2.10 bits per heavy atom. The van der Waals surface area contributed by atoms with Crippen LogP contribution in [0.2, 0.25) is 0 Å². The van der Waals surface area contributed by atoms with Crippen LogP contribution in [0.25, 0.3) is 0 Å². The van der Waals surface area contributed by atoms with Crippen molar-refractivity contribution in [3.05, 3.63) is 0 Å². The molecule has 1 aromatic rings. The van der Waals surface area contributed by atoms with Gasteiger partial charge in [-0.05, 0) is 33.2 Å². The number of piperazine rings is 1. The van der Waals surface area contributed by atoms with Gasteiger partial charge in [0.25, 0.3) is 0 Å². The number of aromatic nitrogens is 3. The fraction of sp³-hybridized carbons (Fsp3) is 0.786. The van der Waals surface area contributed by atoms with E-state index in [-0.39, 0.29) is 5.95 Å². The molecule has 2 saturated heterocycles. The molecule has 0 bridgehead atoms. The summed E-state index contributed by atoms with van der Waals surface area (Å²) in [6, 6.07) is 1.29. The van der Waals surface area contributed by atoms with Crippen LogP contribution in [-0.4, -0.2) is 58.2 Å². The summed E-state index contributed by atoms with van der Waals surface area (Å²) in [4.78, 5) is 17.6. The Balaban J connectivity index is 1.82. The van der Waals surface area contributed by atoms with E-state index < -0.39 is 0 Å². The molecule has 1 aromatic heterocycles. The summed E-state index contributed by atoms with van der Waals surface area (Å²) in [5, 5.41) is 0. The lowest BCUT2D eigenvalue weighted by atomic mass is 9.97. The van der Waals surface area contributed by atoms with E-state index in [2.05, 4.69) is 31.7 Å². The first-order valence-corrected chi connectivity index (χ1v) is 7.82. The lowest BCUT2D eigenvalue weighted by Crippen LogP contribution is -2.59. The minimum Gasteiger partial charge on any atom is -0.464 e. The van der Waals surface area contributed by atoms with Gasteiger partial charge >= 0.3 is 6.01 Å². The third-order valence-corrected chi connectivity index (χ3v) is 4.34. The molecule has 0 saturated carbocycles. The van der Waals surface area contributed by atoms with Crippen LogP contribution in [0.15, 0.2) is 0 Å². The molecule has 0 amide bonds. The van der Waals surface area contributed by atoms with Gasteiger partial charge < -0.3 is 15.4 Å². The summed E-state index contributed by atoms with van der Waals surface area (Å²) in [6.07, 6.45) is 3.88. The molecule has 2 unspecified atom stereocenters. The second kappa shape index (κ2) is 6.01. The predicted octanol–water partition coefficient (Wildman–Crippen LogP) is 0.915. The summed E-state index contributed by atoms with van der Waals surface area (Å²) in [6.45, 7) is 7.87. The summed E-state index contributed by atoms with van der Waals surface area (Å²) < 4.78 is 5.38. The molecule has 2 atom stereocenters. The first-order valence-electron chi connectivity index (χ1n) is 7.82. The van der Waals surface area contributed by atoms with Crippen molar-refractivity contribution in [1.82, 2.24) is 19.9 Å². The zero-order chi connectivity index (χ0) is 14.8. The number of fused-ring (bicyclic) bond motifs is 1. The fourth-order valence-corrected chi connectivity index (χ4v) is 3.31. The molecule has 2 fully saturated rings. The lowest BCUT2D eigenvalue weighted by molar-refractivity contribution is 0.114. The smallest absolute Gasteiger partial charge is 0.323 e. The van der Waals surface area contributed by atoms with Crippen LogP contribution < -0.4 is 15.4 Å². The van der Waals surface area contributed by atoms with Gasteiger partial charge in [0.15, 0.2) is 0 Å². The molecule has 116 valence electrons. The number of hydrogen-bond acceptors (Lipinski definition) is 7. The van der Waals surface area contributed by atoms with E-state index in [0.717, 1.165) is 13.1 Å². The highest BCUT2D eigenvalue weighted by atomic mass is 16.5. The fourth-order valence-electron chi connectivity index (χ4n) is 3.31. The van der Waals surface area contributed by atoms with Gasteiger partial charge in [-0.25, -0.2) is 0 Å². The summed E-state index contributed by atoms with van der Waals surface area (Å²) in [7, 11) is 0. The highest BCUT2D eigenvalue weighted by Gasteiger charge is 2.34. The number of nitrogen functional groups attached to an aromatic ring is 1. The van der Waals surface area contributed by atoms with Gasteiger partial charge in [0, 0.05) is 25.2 Å². The molecule has 7 heteroatoms. The molecule has 0 spiro atoms. The predicted molar refractivity (Wildman–Crippen MR) is 81.4 cm³/mol. The SMILES string of the molecule is CCOc1nc(N)nc(N2CC3CCCCN3CC2C)n1. The van der Waals surface area contributed by atoms with E-state index >= 15 is 0 Å². The topological polar surface area (TPSA) is 80.4 Å². The Hall–Kier alpha value is -1.63. The minimum atomic E-state index is 0.224. The van der Waals surface area contributed by atoms with Crippen LogP contribution in [0.4, 0.5) is 11.9 Å². The number of rotatable bonds is 3. The number of ether oxygens (including phenoxy) is 1. The molecular weight excluding hydrogens is 268 g/mol. The molecule has 2 aliphatic heterocycles. The number of anilines is 2. The van der Waals surface area contributed by atoms with Crippen LogP contribution in [0.5, 0.6) is 6.01 Å². The van der Waals surface area contributed by atoms with Gasteiger partial charge in [0.05, 0.1) is 6.61 Å². The molecule has 2 aliphatic rings. The molecule has 3 heterocycles. The van der Waals surface area contributed by atoms with Gasteiger partial charge in [-0.3, -0.25) is 4.90 Å². The Kier molecular flexibility index (Phi) is 4.10. The largest absolute Gasteiger partial charge is 0.464 e. The molecular formula is C14H24N6O. The van der Waals surface area contributed by atoms with Crippen molar-refractivity contribution in [3.63, 3.8) is 0 Å². The number of nitrogens with zero attached hydrogens (tertiary/aromatic N) is 5. The zero-order valence-electron chi connectivity index (χ0n) is 12.8. The lowest BCUT2D eigenvalue weighted by Gasteiger charge is -2.47. The quantitative estimate of drug-likeness (QED) is 0.887. The van der Waals surface area contributed by atoms with E-state index in [0.29, 0.717) is 30.6 Å². The molecule has 7 nitrogen and oxygen atoms in total. The first-order chi connectivity index (χ1) is 10.2. The van der Waals surface area contributed by atoms with Crippen LogP contribution in [0.1, 0.15) is 33.1 Å². The van der Waals surface area contributed by atoms with E-state index in [1.165, 1.54) is 25.8 Å². The van der Waals surface area contributed by atoms with Crippen molar-refractivity contribution in [1.29, 1.82) is 0 Å².